The number of rotatable bonds is 9. The van der Waals surface area contributed by atoms with Gasteiger partial charge in [-0.1, -0.05) is 13.8 Å². The van der Waals surface area contributed by atoms with Crippen molar-refractivity contribution in [1.82, 2.24) is 5.32 Å². The molecule has 0 aromatic heterocycles. The number of hydrogen-bond donors (Lipinski definition) is 3. The normalized spacial score (nSPS) is 11.5. The predicted molar refractivity (Wildman–Crippen MR) is 83.0 cm³/mol. The highest BCUT2D eigenvalue weighted by molar-refractivity contribution is 5.52. The number of ether oxygens (including phenoxy) is 2. The number of nitrogens with one attached hydrogen (secondary N) is 1. The van der Waals surface area contributed by atoms with Crippen LogP contribution in [0.25, 0.3) is 0 Å². The van der Waals surface area contributed by atoms with E-state index in [1.54, 1.807) is 12.1 Å². The summed E-state index contributed by atoms with van der Waals surface area (Å²) in [5, 5.41) is 22.8. The number of phenols is 1. The van der Waals surface area contributed by atoms with E-state index in [0.717, 1.165) is 24.9 Å². The Morgan fingerprint density at radius 1 is 1.10 bits per heavy atom. The molecule has 0 bridgehead atoms. The van der Waals surface area contributed by atoms with Gasteiger partial charge in [0.15, 0.2) is 11.5 Å². The lowest BCUT2D eigenvalue weighted by Crippen LogP contribution is -2.36. The fourth-order valence-electron chi connectivity index (χ4n) is 2.30. The summed E-state index contributed by atoms with van der Waals surface area (Å²) in [7, 11) is 3.02. The van der Waals surface area contributed by atoms with Gasteiger partial charge in [0, 0.05) is 25.1 Å². The topological polar surface area (TPSA) is 71.0 Å². The lowest BCUT2D eigenvalue weighted by atomic mass is 9.83. The molecular formula is C16H27NO4. The van der Waals surface area contributed by atoms with Crippen LogP contribution in [0, 0.1) is 5.41 Å². The van der Waals surface area contributed by atoms with Gasteiger partial charge in [-0.2, -0.15) is 0 Å². The molecule has 5 nitrogen and oxygen atoms in total. The van der Waals surface area contributed by atoms with E-state index in [0.29, 0.717) is 18.0 Å². The van der Waals surface area contributed by atoms with Gasteiger partial charge < -0.3 is 25.0 Å². The third kappa shape index (κ3) is 4.25. The average Bonchev–Trinajstić information content (AvgIpc) is 2.53. The average molecular weight is 297 g/mol. The predicted octanol–water partition coefficient (Wildman–Crippen LogP) is 2.30. The van der Waals surface area contributed by atoms with Crippen molar-refractivity contribution in [2.24, 2.45) is 5.41 Å². The molecule has 1 aromatic rings. The Bertz CT molecular complexity index is 411. The van der Waals surface area contributed by atoms with Crippen molar-refractivity contribution in [1.29, 1.82) is 0 Å². The number of aliphatic hydroxyl groups excluding tert-OH is 1. The molecule has 0 saturated carbocycles. The second kappa shape index (κ2) is 8.10. The van der Waals surface area contributed by atoms with E-state index in [1.807, 2.05) is 0 Å². The molecule has 1 rings (SSSR count). The molecule has 0 aliphatic heterocycles. The van der Waals surface area contributed by atoms with Crippen molar-refractivity contribution in [3.63, 3.8) is 0 Å². The second-order valence-electron chi connectivity index (χ2n) is 5.32. The van der Waals surface area contributed by atoms with E-state index in [1.165, 1.54) is 14.2 Å². The van der Waals surface area contributed by atoms with Crippen LogP contribution in [0.2, 0.25) is 0 Å². The maximum Gasteiger partial charge on any atom is 0.200 e. The monoisotopic (exact) mass is 297 g/mol. The molecule has 120 valence electrons. The summed E-state index contributed by atoms with van der Waals surface area (Å²) in [6, 6.07) is 3.56. The van der Waals surface area contributed by atoms with Crippen molar-refractivity contribution in [3.8, 4) is 17.2 Å². The standard InChI is InChI=1S/C16H27NO4/c1-5-16(6-2,11-18)10-17-9-12-7-13(20-3)15(19)14(8-12)21-4/h7-8,17-19H,5-6,9-11H2,1-4H3. The molecule has 0 radical (unpaired) electrons. The van der Waals surface area contributed by atoms with Gasteiger partial charge in [-0.25, -0.2) is 0 Å². The molecule has 0 fully saturated rings. The van der Waals surface area contributed by atoms with Gasteiger partial charge in [0.25, 0.3) is 0 Å². The Kier molecular flexibility index (Phi) is 6.78. The summed E-state index contributed by atoms with van der Waals surface area (Å²) in [5.74, 6) is 0.798. The summed E-state index contributed by atoms with van der Waals surface area (Å²) in [6.45, 7) is 5.72. The van der Waals surface area contributed by atoms with Gasteiger partial charge in [0.05, 0.1) is 14.2 Å². The molecule has 0 unspecified atom stereocenters. The van der Waals surface area contributed by atoms with Gasteiger partial charge in [0.1, 0.15) is 0 Å². The zero-order chi connectivity index (χ0) is 15.9. The third-order valence-corrected chi connectivity index (χ3v) is 4.20. The summed E-state index contributed by atoms with van der Waals surface area (Å²) < 4.78 is 10.3. The summed E-state index contributed by atoms with van der Waals surface area (Å²) >= 11 is 0. The highest BCUT2D eigenvalue weighted by Gasteiger charge is 2.24. The number of aliphatic hydroxyl groups is 1. The fraction of sp³-hybridized carbons (Fsp3) is 0.625. The van der Waals surface area contributed by atoms with E-state index in [4.69, 9.17) is 9.47 Å². The van der Waals surface area contributed by atoms with Crippen LogP contribution in [-0.2, 0) is 6.54 Å². The molecule has 0 heterocycles. The summed E-state index contributed by atoms with van der Waals surface area (Å²) in [6.07, 6.45) is 1.85. The Morgan fingerprint density at radius 3 is 2.00 bits per heavy atom. The van der Waals surface area contributed by atoms with Gasteiger partial charge in [-0.05, 0) is 30.5 Å². The van der Waals surface area contributed by atoms with Crippen molar-refractivity contribution in [3.05, 3.63) is 17.7 Å². The van der Waals surface area contributed by atoms with Crippen molar-refractivity contribution in [2.75, 3.05) is 27.4 Å². The van der Waals surface area contributed by atoms with Crippen molar-refractivity contribution in [2.45, 2.75) is 33.2 Å². The van der Waals surface area contributed by atoms with Gasteiger partial charge in [-0.15, -0.1) is 0 Å². The van der Waals surface area contributed by atoms with Gasteiger partial charge in [0.2, 0.25) is 5.75 Å². The van der Waals surface area contributed by atoms with E-state index >= 15 is 0 Å². The van der Waals surface area contributed by atoms with Gasteiger partial charge in [-0.3, -0.25) is 0 Å². The van der Waals surface area contributed by atoms with Crippen LogP contribution >= 0.6 is 0 Å². The zero-order valence-electron chi connectivity index (χ0n) is 13.4. The SMILES string of the molecule is CCC(CC)(CO)CNCc1cc(OC)c(O)c(OC)c1. The molecule has 0 atom stereocenters. The summed E-state index contributed by atoms with van der Waals surface area (Å²) in [5.41, 5.74) is 0.881. The van der Waals surface area contributed by atoms with Crippen molar-refractivity contribution < 1.29 is 19.7 Å². The first kappa shape index (κ1) is 17.6. The molecule has 21 heavy (non-hydrogen) atoms. The molecule has 5 heteroatoms. The van der Waals surface area contributed by atoms with E-state index < -0.39 is 0 Å². The van der Waals surface area contributed by atoms with Crippen LogP contribution in [0.3, 0.4) is 0 Å². The Labute approximate surface area is 126 Å². The first-order valence-electron chi connectivity index (χ1n) is 7.31. The molecule has 0 saturated heterocycles. The van der Waals surface area contributed by atoms with Crippen LogP contribution in [0.1, 0.15) is 32.3 Å². The molecule has 0 amide bonds. The Morgan fingerprint density at radius 2 is 1.62 bits per heavy atom. The largest absolute Gasteiger partial charge is 0.502 e. The highest BCUT2D eigenvalue weighted by atomic mass is 16.5. The molecule has 1 aromatic carbocycles. The van der Waals surface area contributed by atoms with E-state index in [-0.39, 0.29) is 17.8 Å². The van der Waals surface area contributed by atoms with E-state index in [2.05, 4.69) is 19.2 Å². The smallest absolute Gasteiger partial charge is 0.200 e. The van der Waals surface area contributed by atoms with Crippen molar-refractivity contribution >= 4 is 0 Å². The number of methoxy groups -OCH3 is 2. The maximum atomic E-state index is 9.88. The maximum absolute atomic E-state index is 9.88. The van der Waals surface area contributed by atoms with Crippen LogP contribution in [0.15, 0.2) is 12.1 Å². The molecule has 3 N–H and O–H groups in total. The Hall–Kier alpha value is -1.46. The number of aromatic hydroxyl groups is 1. The molecule has 0 aliphatic carbocycles. The first-order valence-corrected chi connectivity index (χ1v) is 7.31. The van der Waals surface area contributed by atoms with Crippen LogP contribution < -0.4 is 14.8 Å². The molecule has 0 aliphatic rings. The Balaban J connectivity index is 2.76. The summed E-state index contributed by atoms with van der Waals surface area (Å²) in [4.78, 5) is 0. The minimum absolute atomic E-state index is 0.00979. The number of phenolic OH excluding ortho intramolecular Hbond substituents is 1. The minimum Gasteiger partial charge on any atom is -0.502 e. The first-order chi connectivity index (χ1) is 10.1. The number of hydrogen-bond acceptors (Lipinski definition) is 5. The van der Waals surface area contributed by atoms with Crippen LogP contribution in [0.5, 0.6) is 17.2 Å². The molecule has 0 spiro atoms. The van der Waals surface area contributed by atoms with Crippen LogP contribution in [-0.4, -0.2) is 37.6 Å². The fourth-order valence-corrected chi connectivity index (χ4v) is 2.30. The zero-order valence-corrected chi connectivity index (χ0v) is 13.4. The quantitative estimate of drug-likeness (QED) is 0.652. The van der Waals surface area contributed by atoms with E-state index in [9.17, 15) is 10.2 Å². The van der Waals surface area contributed by atoms with Crippen LogP contribution in [0.4, 0.5) is 0 Å². The highest BCUT2D eigenvalue weighted by Crippen LogP contribution is 2.37. The second-order valence-corrected chi connectivity index (χ2v) is 5.32. The number of benzene rings is 1. The lowest BCUT2D eigenvalue weighted by Gasteiger charge is -2.29. The van der Waals surface area contributed by atoms with Gasteiger partial charge >= 0.3 is 0 Å². The molecular weight excluding hydrogens is 270 g/mol. The third-order valence-electron chi connectivity index (χ3n) is 4.20. The lowest BCUT2D eigenvalue weighted by molar-refractivity contribution is 0.113. The minimum atomic E-state index is -0.0783.